The predicted octanol–water partition coefficient (Wildman–Crippen LogP) is 2.07. The van der Waals surface area contributed by atoms with Crippen LogP contribution in [0.15, 0.2) is 23.0 Å². The smallest absolute Gasteiger partial charge is 0.232 e. The lowest BCUT2D eigenvalue weighted by atomic mass is 9.89. The zero-order valence-electron chi connectivity index (χ0n) is 11.0. The van der Waals surface area contributed by atoms with Crippen LogP contribution < -0.4 is 5.73 Å². The molecule has 0 fully saturated rings. The Hall–Kier alpha value is -1.75. The highest BCUT2D eigenvalue weighted by Gasteiger charge is 2.27. The second-order valence-electron chi connectivity index (χ2n) is 5.04. The molecule has 0 radical (unpaired) electrons. The molecule has 96 valence electrons. The summed E-state index contributed by atoms with van der Waals surface area (Å²) < 4.78 is 5.35. The van der Waals surface area contributed by atoms with Gasteiger partial charge in [0.05, 0.1) is 0 Å². The molecule has 0 aromatic carbocycles. The molecule has 0 atom stereocenters. The van der Waals surface area contributed by atoms with E-state index < -0.39 is 0 Å². The lowest BCUT2D eigenvalue weighted by Crippen LogP contribution is -2.22. The molecule has 5 heteroatoms. The van der Waals surface area contributed by atoms with E-state index in [1.54, 1.807) is 12.4 Å². The van der Waals surface area contributed by atoms with Crippen molar-refractivity contribution in [1.82, 2.24) is 15.1 Å². The Balaban J connectivity index is 2.34. The normalized spacial score (nSPS) is 11.8. The molecule has 2 rings (SSSR count). The predicted molar refractivity (Wildman–Crippen MR) is 69.0 cm³/mol. The van der Waals surface area contributed by atoms with Crippen LogP contribution in [0.2, 0.25) is 0 Å². The largest absolute Gasteiger partial charge is 0.338 e. The van der Waals surface area contributed by atoms with E-state index in [0.717, 1.165) is 17.5 Å². The minimum atomic E-state index is -0.198. The first kappa shape index (κ1) is 12.7. The van der Waals surface area contributed by atoms with Crippen LogP contribution in [0.4, 0.5) is 0 Å². The summed E-state index contributed by atoms with van der Waals surface area (Å²) in [6.07, 6.45) is 4.30. The number of aromatic nitrogens is 3. The third-order valence-electron chi connectivity index (χ3n) is 3.05. The molecular weight excluding hydrogens is 228 g/mol. The van der Waals surface area contributed by atoms with E-state index in [4.69, 9.17) is 10.3 Å². The monoisotopic (exact) mass is 246 g/mol. The van der Waals surface area contributed by atoms with Gasteiger partial charge in [0, 0.05) is 23.4 Å². The number of rotatable bonds is 4. The number of hydrogen-bond acceptors (Lipinski definition) is 5. The summed E-state index contributed by atoms with van der Waals surface area (Å²) in [5.41, 5.74) is 7.37. The number of nitrogens with zero attached hydrogens (tertiary/aromatic N) is 3. The van der Waals surface area contributed by atoms with Crippen LogP contribution in [0.25, 0.3) is 11.4 Å². The SMILES string of the molecule is Cc1ccncc1-c1noc(C(C)(C)CCN)n1. The molecule has 2 aromatic heterocycles. The maximum absolute atomic E-state index is 5.59. The van der Waals surface area contributed by atoms with Gasteiger partial charge in [-0.25, -0.2) is 0 Å². The topological polar surface area (TPSA) is 77.8 Å². The highest BCUT2D eigenvalue weighted by atomic mass is 16.5. The van der Waals surface area contributed by atoms with Crippen LogP contribution in [0, 0.1) is 6.92 Å². The van der Waals surface area contributed by atoms with Crippen LogP contribution in [-0.4, -0.2) is 21.7 Å². The van der Waals surface area contributed by atoms with Gasteiger partial charge >= 0.3 is 0 Å². The van der Waals surface area contributed by atoms with Crippen molar-refractivity contribution in [1.29, 1.82) is 0 Å². The maximum atomic E-state index is 5.59. The van der Waals surface area contributed by atoms with Crippen LogP contribution >= 0.6 is 0 Å². The summed E-state index contributed by atoms with van der Waals surface area (Å²) in [5, 5.41) is 4.03. The summed E-state index contributed by atoms with van der Waals surface area (Å²) in [6, 6.07) is 1.93. The molecule has 2 N–H and O–H groups in total. The summed E-state index contributed by atoms with van der Waals surface area (Å²) in [5.74, 6) is 1.20. The van der Waals surface area contributed by atoms with Crippen LogP contribution in [0.3, 0.4) is 0 Å². The Morgan fingerprint density at radius 3 is 2.83 bits per heavy atom. The van der Waals surface area contributed by atoms with Crippen molar-refractivity contribution in [2.24, 2.45) is 5.73 Å². The maximum Gasteiger partial charge on any atom is 0.232 e. The molecule has 18 heavy (non-hydrogen) atoms. The lowest BCUT2D eigenvalue weighted by Gasteiger charge is -2.17. The zero-order chi connectivity index (χ0) is 13.2. The van der Waals surface area contributed by atoms with Crippen molar-refractivity contribution in [2.75, 3.05) is 6.54 Å². The fraction of sp³-hybridized carbons (Fsp3) is 0.462. The van der Waals surface area contributed by atoms with Gasteiger partial charge in [0.15, 0.2) is 0 Å². The molecule has 0 saturated carbocycles. The molecule has 0 aliphatic carbocycles. The van der Waals surface area contributed by atoms with E-state index in [9.17, 15) is 0 Å². The number of hydrogen-bond donors (Lipinski definition) is 1. The molecule has 0 spiro atoms. The molecule has 0 aliphatic rings. The molecular formula is C13H18N4O. The quantitative estimate of drug-likeness (QED) is 0.893. The van der Waals surface area contributed by atoms with E-state index in [2.05, 4.69) is 15.1 Å². The number of pyridine rings is 1. The molecule has 0 unspecified atom stereocenters. The summed E-state index contributed by atoms with van der Waals surface area (Å²) >= 11 is 0. The van der Waals surface area contributed by atoms with Crippen LogP contribution in [0.5, 0.6) is 0 Å². The summed E-state index contributed by atoms with van der Waals surface area (Å²) in [6.45, 7) is 6.69. The molecule has 2 aromatic rings. The Kier molecular flexibility index (Phi) is 3.43. The molecule has 0 amide bonds. The van der Waals surface area contributed by atoms with Crippen LogP contribution in [0.1, 0.15) is 31.7 Å². The average Bonchev–Trinajstić information content (AvgIpc) is 2.79. The Bertz CT molecular complexity index is 533. The Morgan fingerprint density at radius 2 is 2.17 bits per heavy atom. The first-order valence-corrected chi connectivity index (χ1v) is 6.00. The van der Waals surface area contributed by atoms with E-state index >= 15 is 0 Å². The fourth-order valence-electron chi connectivity index (χ4n) is 1.77. The second kappa shape index (κ2) is 4.86. The highest BCUT2D eigenvalue weighted by Crippen LogP contribution is 2.27. The first-order chi connectivity index (χ1) is 8.54. The van der Waals surface area contributed by atoms with Gasteiger partial charge in [-0.1, -0.05) is 19.0 Å². The molecule has 0 bridgehead atoms. The van der Waals surface area contributed by atoms with E-state index in [1.807, 2.05) is 26.8 Å². The van der Waals surface area contributed by atoms with Crippen molar-refractivity contribution >= 4 is 0 Å². The van der Waals surface area contributed by atoms with Gasteiger partial charge in [0.25, 0.3) is 0 Å². The zero-order valence-corrected chi connectivity index (χ0v) is 11.0. The minimum Gasteiger partial charge on any atom is -0.338 e. The second-order valence-corrected chi connectivity index (χ2v) is 5.04. The van der Waals surface area contributed by atoms with E-state index in [1.165, 1.54) is 0 Å². The molecule has 0 saturated heterocycles. The summed E-state index contributed by atoms with van der Waals surface area (Å²) in [4.78, 5) is 8.55. The highest BCUT2D eigenvalue weighted by molar-refractivity contribution is 5.57. The van der Waals surface area contributed by atoms with Gasteiger partial charge in [-0.3, -0.25) is 4.98 Å². The number of nitrogens with two attached hydrogens (primary N) is 1. The fourth-order valence-corrected chi connectivity index (χ4v) is 1.77. The van der Waals surface area contributed by atoms with E-state index in [0.29, 0.717) is 18.3 Å². The van der Waals surface area contributed by atoms with Crippen molar-refractivity contribution in [3.05, 3.63) is 29.9 Å². The standard InChI is InChI=1S/C13H18N4O/c1-9-4-7-15-8-10(9)11-16-12(18-17-11)13(2,3)5-6-14/h4,7-8H,5-6,14H2,1-3H3. The van der Waals surface area contributed by atoms with Gasteiger partial charge in [-0.05, 0) is 31.5 Å². The molecule has 2 heterocycles. The van der Waals surface area contributed by atoms with Gasteiger partial charge in [0.2, 0.25) is 11.7 Å². The lowest BCUT2D eigenvalue weighted by molar-refractivity contribution is 0.298. The van der Waals surface area contributed by atoms with Crippen molar-refractivity contribution in [2.45, 2.75) is 32.6 Å². The van der Waals surface area contributed by atoms with Crippen LogP contribution in [-0.2, 0) is 5.41 Å². The Morgan fingerprint density at radius 1 is 1.39 bits per heavy atom. The van der Waals surface area contributed by atoms with Gasteiger partial charge < -0.3 is 10.3 Å². The van der Waals surface area contributed by atoms with Gasteiger partial charge in [-0.15, -0.1) is 0 Å². The molecule has 0 aliphatic heterocycles. The third-order valence-corrected chi connectivity index (χ3v) is 3.05. The number of aryl methyl sites for hydroxylation is 1. The van der Waals surface area contributed by atoms with Crippen molar-refractivity contribution < 1.29 is 4.52 Å². The summed E-state index contributed by atoms with van der Waals surface area (Å²) in [7, 11) is 0. The van der Waals surface area contributed by atoms with Gasteiger partial charge in [-0.2, -0.15) is 4.98 Å². The van der Waals surface area contributed by atoms with Crippen molar-refractivity contribution in [3.8, 4) is 11.4 Å². The van der Waals surface area contributed by atoms with Crippen molar-refractivity contribution in [3.63, 3.8) is 0 Å². The molecule has 5 nitrogen and oxygen atoms in total. The Labute approximate surface area is 106 Å². The van der Waals surface area contributed by atoms with Gasteiger partial charge in [0.1, 0.15) is 0 Å². The first-order valence-electron chi connectivity index (χ1n) is 6.00. The van der Waals surface area contributed by atoms with E-state index in [-0.39, 0.29) is 5.41 Å². The average molecular weight is 246 g/mol. The third kappa shape index (κ3) is 2.41. The minimum absolute atomic E-state index is 0.198.